The molecule has 0 saturated carbocycles. The van der Waals surface area contributed by atoms with Gasteiger partial charge in [-0.15, -0.1) is 0 Å². The summed E-state index contributed by atoms with van der Waals surface area (Å²) in [6.45, 7) is 13.4. The van der Waals surface area contributed by atoms with Crippen LogP contribution in [0.15, 0.2) is 0 Å². The maximum Gasteiger partial charge on any atom is 0.306 e. The molecule has 0 aliphatic heterocycles. The van der Waals surface area contributed by atoms with E-state index in [1.165, 1.54) is 103 Å². The average molecular weight is 610 g/mol. The number of rotatable bonds is 33. The fourth-order valence-electron chi connectivity index (χ4n) is 5.82. The standard InChI is InChI=1S/C38H75NO4/c1-6-11-15-19-23-25-29-35(42-37(40)31-27-21-17-13-8-3)33-39(10-5)34-36(30-26-24-20-16-12-7-2)43-38(41)32-28-22-18-14-9-4/h35-36H,6-34H2,1-5H3. The third kappa shape index (κ3) is 28.1. The van der Waals surface area contributed by atoms with E-state index < -0.39 is 0 Å². The van der Waals surface area contributed by atoms with Gasteiger partial charge in [-0.25, -0.2) is 0 Å². The van der Waals surface area contributed by atoms with Crippen molar-refractivity contribution in [1.29, 1.82) is 0 Å². The molecule has 5 heteroatoms. The van der Waals surface area contributed by atoms with Gasteiger partial charge < -0.3 is 9.47 Å². The summed E-state index contributed by atoms with van der Waals surface area (Å²) in [5, 5.41) is 0. The van der Waals surface area contributed by atoms with E-state index in [2.05, 4.69) is 39.5 Å². The van der Waals surface area contributed by atoms with Gasteiger partial charge in [0, 0.05) is 25.9 Å². The fourth-order valence-corrected chi connectivity index (χ4v) is 5.82. The highest BCUT2D eigenvalue weighted by Gasteiger charge is 2.22. The molecule has 0 aromatic heterocycles. The van der Waals surface area contributed by atoms with Gasteiger partial charge >= 0.3 is 11.9 Å². The zero-order valence-corrected chi connectivity index (χ0v) is 29.7. The molecule has 0 saturated heterocycles. The van der Waals surface area contributed by atoms with Gasteiger partial charge in [0.15, 0.2) is 0 Å². The number of esters is 2. The number of likely N-dealkylation sites (N-methyl/N-ethyl adjacent to an activating group) is 1. The van der Waals surface area contributed by atoms with Crippen molar-refractivity contribution in [2.24, 2.45) is 0 Å². The molecule has 0 aromatic carbocycles. The molecular weight excluding hydrogens is 534 g/mol. The van der Waals surface area contributed by atoms with Crippen molar-refractivity contribution in [2.45, 2.75) is 214 Å². The lowest BCUT2D eigenvalue weighted by molar-refractivity contribution is -0.152. The van der Waals surface area contributed by atoms with E-state index in [0.29, 0.717) is 12.8 Å². The first-order valence-electron chi connectivity index (χ1n) is 19.1. The molecule has 0 radical (unpaired) electrons. The van der Waals surface area contributed by atoms with E-state index in [1.807, 2.05) is 0 Å². The second kappa shape index (κ2) is 32.3. The third-order valence-corrected chi connectivity index (χ3v) is 8.70. The first-order valence-corrected chi connectivity index (χ1v) is 19.1. The Morgan fingerprint density at radius 1 is 0.442 bits per heavy atom. The van der Waals surface area contributed by atoms with E-state index in [0.717, 1.165) is 71.0 Å². The number of ether oxygens (including phenoxy) is 2. The molecule has 43 heavy (non-hydrogen) atoms. The summed E-state index contributed by atoms with van der Waals surface area (Å²) in [6, 6.07) is 0. The van der Waals surface area contributed by atoms with E-state index in [-0.39, 0.29) is 24.1 Å². The Bertz CT molecular complexity index is 561. The molecule has 2 atom stereocenters. The minimum Gasteiger partial charge on any atom is -0.461 e. The Kier molecular flexibility index (Phi) is 31.5. The fraction of sp³-hybridized carbons (Fsp3) is 0.947. The lowest BCUT2D eigenvalue weighted by Gasteiger charge is -2.30. The molecule has 0 bridgehead atoms. The molecule has 2 unspecified atom stereocenters. The maximum absolute atomic E-state index is 12.8. The monoisotopic (exact) mass is 610 g/mol. The Morgan fingerprint density at radius 3 is 1.07 bits per heavy atom. The van der Waals surface area contributed by atoms with Crippen molar-refractivity contribution in [3.63, 3.8) is 0 Å². The Morgan fingerprint density at radius 2 is 0.744 bits per heavy atom. The van der Waals surface area contributed by atoms with Gasteiger partial charge in [-0.05, 0) is 45.1 Å². The topological polar surface area (TPSA) is 55.8 Å². The predicted octanol–water partition coefficient (Wildman–Crippen LogP) is 11.4. The largest absolute Gasteiger partial charge is 0.461 e. The Hall–Kier alpha value is -1.10. The summed E-state index contributed by atoms with van der Waals surface area (Å²) >= 11 is 0. The van der Waals surface area contributed by atoms with Crippen LogP contribution in [-0.4, -0.2) is 48.7 Å². The number of nitrogens with zero attached hydrogens (tertiary/aromatic N) is 1. The van der Waals surface area contributed by atoms with Crippen LogP contribution in [-0.2, 0) is 19.1 Å². The number of carbonyl (C=O) groups is 2. The summed E-state index contributed by atoms with van der Waals surface area (Å²) in [6.07, 6.45) is 28.9. The molecule has 0 amide bonds. The number of carbonyl (C=O) groups excluding carboxylic acids is 2. The number of hydrogen-bond donors (Lipinski definition) is 0. The maximum atomic E-state index is 12.8. The van der Waals surface area contributed by atoms with Gasteiger partial charge in [0.05, 0.1) is 0 Å². The van der Waals surface area contributed by atoms with Crippen molar-refractivity contribution in [2.75, 3.05) is 19.6 Å². The van der Waals surface area contributed by atoms with Gasteiger partial charge in [-0.2, -0.15) is 0 Å². The minimum absolute atomic E-state index is 0.0401. The van der Waals surface area contributed by atoms with Crippen LogP contribution in [0.3, 0.4) is 0 Å². The van der Waals surface area contributed by atoms with Gasteiger partial charge in [0.2, 0.25) is 0 Å². The van der Waals surface area contributed by atoms with Gasteiger partial charge in [-0.1, -0.05) is 150 Å². The molecule has 0 aliphatic carbocycles. The second-order valence-corrected chi connectivity index (χ2v) is 13.0. The molecular formula is C38H75NO4. The highest BCUT2D eigenvalue weighted by molar-refractivity contribution is 5.69. The molecule has 0 rings (SSSR count). The van der Waals surface area contributed by atoms with E-state index >= 15 is 0 Å². The zero-order chi connectivity index (χ0) is 31.8. The second-order valence-electron chi connectivity index (χ2n) is 13.0. The van der Waals surface area contributed by atoms with Gasteiger partial charge in [0.1, 0.15) is 12.2 Å². The summed E-state index contributed by atoms with van der Waals surface area (Å²) in [5.41, 5.74) is 0. The molecule has 0 heterocycles. The van der Waals surface area contributed by atoms with Crippen LogP contribution < -0.4 is 0 Å². The SMILES string of the molecule is CCCCCCCCC(CN(CC)CC(CCCCCCCC)OC(=O)CCCCCCC)OC(=O)CCCCCCC. The van der Waals surface area contributed by atoms with Crippen LogP contribution in [0, 0.1) is 0 Å². The molecule has 0 N–H and O–H groups in total. The van der Waals surface area contributed by atoms with Crippen molar-refractivity contribution in [3.8, 4) is 0 Å². The van der Waals surface area contributed by atoms with E-state index in [9.17, 15) is 9.59 Å². The smallest absolute Gasteiger partial charge is 0.306 e. The Balaban J connectivity index is 5.12. The van der Waals surface area contributed by atoms with Crippen LogP contribution >= 0.6 is 0 Å². The van der Waals surface area contributed by atoms with Crippen molar-refractivity contribution in [3.05, 3.63) is 0 Å². The highest BCUT2D eigenvalue weighted by Crippen LogP contribution is 2.17. The van der Waals surface area contributed by atoms with E-state index in [1.54, 1.807) is 0 Å². The summed E-state index contributed by atoms with van der Waals surface area (Å²) in [4.78, 5) is 28.0. The zero-order valence-electron chi connectivity index (χ0n) is 29.7. The van der Waals surface area contributed by atoms with Gasteiger partial charge in [-0.3, -0.25) is 14.5 Å². The van der Waals surface area contributed by atoms with Crippen LogP contribution in [0.1, 0.15) is 202 Å². The first kappa shape index (κ1) is 41.9. The lowest BCUT2D eigenvalue weighted by Crippen LogP contribution is -2.41. The van der Waals surface area contributed by atoms with Gasteiger partial charge in [0.25, 0.3) is 0 Å². The van der Waals surface area contributed by atoms with Crippen molar-refractivity contribution < 1.29 is 19.1 Å². The molecule has 5 nitrogen and oxygen atoms in total. The average Bonchev–Trinajstić information content (AvgIpc) is 2.99. The summed E-state index contributed by atoms with van der Waals surface area (Å²) < 4.78 is 12.2. The number of hydrogen-bond acceptors (Lipinski definition) is 5. The van der Waals surface area contributed by atoms with Crippen molar-refractivity contribution >= 4 is 11.9 Å². The molecule has 256 valence electrons. The summed E-state index contributed by atoms with van der Waals surface area (Å²) in [7, 11) is 0. The van der Waals surface area contributed by atoms with Crippen LogP contribution in [0.25, 0.3) is 0 Å². The third-order valence-electron chi connectivity index (χ3n) is 8.70. The van der Waals surface area contributed by atoms with E-state index in [4.69, 9.17) is 9.47 Å². The van der Waals surface area contributed by atoms with Crippen LogP contribution in [0.2, 0.25) is 0 Å². The molecule has 0 aromatic rings. The molecule has 0 fully saturated rings. The van der Waals surface area contributed by atoms with Crippen LogP contribution in [0.5, 0.6) is 0 Å². The van der Waals surface area contributed by atoms with Crippen LogP contribution in [0.4, 0.5) is 0 Å². The quantitative estimate of drug-likeness (QED) is 0.0547. The molecule has 0 aliphatic rings. The minimum atomic E-state index is -0.0850. The number of unbranched alkanes of at least 4 members (excludes halogenated alkanes) is 18. The molecule has 0 spiro atoms. The highest BCUT2D eigenvalue weighted by atomic mass is 16.5. The predicted molar refractivity (Wildman–Crippen MR) is 185 cm³/mol. The Labute approximate surface area is 269 Å². The lowest BCUT2D eigenvalue weighted by atomic mass is 10.0. The normalized spacial score (nSPS) is 12.9. The first-order chi connectivity index (χ1) is 21.0. The van der Waals surface area contributed by atoms with Crippen molar-refractivity contribution in [1.82, 2.24) is 4.90 Å². The summed E-state index contributed by atoms with van der Waals surface area (Å²) in [5.74, 6) is -0.0803.